The van der Waals surface area contributed by atoms with Gasteiger partial charge in [-0.3, -0.25) is 25.4 Å². The van der Waals surface area contributed by atoms with Crippen LogP contribution < -0.4 is 10.9 Å². The van der Waals surface area contributed by atoms with Crippen molar-refractivity contribution in [3.05, 3.63) is 29.6 Å². The van der Waals surface area contributed by atoms with E-state index in [0.717, 1.165) is 17.4 Å². The molecule has 2 N–H and O–H groups in total. The molecule has 4 saturated carbocycles. The highest BCUT2D eigenvalue weighted by molar-refractivity contribution is 5.95. The first-order chi connectivity index (χ1) is 12.8. The van der Waals surface area contributed by atoms with Crippen LogP contribution in [0.25, 0.3) is 0 Å². The maximum atomic E-state index is 12.6. The summed E-state index contributed by atoms with van der Waals surface area (Å²) in [6.45, 7) is 6.14. The van der Waals surface area contributed by atoms with Gasteiger partial charge < -0.3 is 0 Å². The Kier molecular flexibility index (Phi) is 4.73. The van der Waals surface area contributed by atoms with E-state index in [0.29, 0.717) is 29.9 Å². The van der Waals surface area contributed by atoms with Crippen molar-refractivity contribution in [2.45, 2.75) is 64.7 Å². The van der Waals surface area contributed by atoms with E-state index in [-0.39, 0.29) is 17.2 Å². The second-order valence-electron chi connectivity index (χ2n) is 9.95. The number of carbonyl (C=O) groups excluding carboxylic acids is 2. The molecule has 4 aliphatic carbocycles. The molecule has 0 spiro atoms. The highest BCUT2D eigenvalue weighted by Gasteiger charge is 2.48. The Morgan fingerprint density at radius 1 is 1.04 bits per heavy atom. The second-order valence-corrected chi connectivity index (χ2v) is 9.95. The minimum absolute atomic E-state index is 0.0749. The van der Waals surface area contributed by atoms with Gasteiger partial charge in [0.05, 0.1) is 0 Å². The lowest BCUT2D eigenvalue weighted by molar-refractivity contribution is -0.127. The molecule has 5 nitrogen and oxygen atoms in total. The molecule has 4 aliphatic rings. The molecular formula is C22H31N3O2. The average Bonchev–Trinajstić information content (AvgIpc) is 2.61. The molecule has 2 amide bonds. The predicted molar refractivity (Wildman–Crippen MR) is 104 cm³/mol. The molecule has 5 rings (SSSR count). The van der Waals surface area contributed by atoms with E-state index in [2.05, 4.69) is 15.8 Å². The van der Waals surface area contributed by atoms with Gasteiger partial charge in [0.1, 0.15) is 5.69 Å². The van der Waals surface area contributed by atoms with E-state index < -0.39 is 0 Å². The SMILES string of the molecule is CC(C)(C)c1cccnc1C(=O)NNC(=O)CC1C2CC3CC(C2)CC1C3. The summed E-state index contributed by atoms with van der Waals surface area (Å²) in [5.41, 5.74) is 6.28. The van der Waals surface area contributed by atoms with E-state index in [1.807, 2.05) is 32.9 Å². The lowest BCUT2D eigenvalue weighted by Gasteiger charge is -2.54. The molecule has 0 aliphatic heterocycles. The lowest BCUT2D eigenvalue weighted by Crippen LogP contribution is -2.48. The summed E-state index contributed by atoms with van der Waals surface area (Å²) in [7, 11) is 0. The van der Waals surface area contributed by atoms with Crippen LogP contribution in [0.4, 0.5) is 0 Å². The molecule has 0 saturated heterocycles. The van der Waals surface area contributed by atoms with Gasteiger partial charge in [0.15, 0.2) is 0 Å². The Hall–Kier alpha value is -1.91. The van der Waals surface area contributed by atoms with Gasteiger partial charge >= 0.3 is 0 Å². The number of nitrogens with zero attached hydrogens (tertiary/aromatic N) is 1. The first-order valence-corrected chi connectivity index (χ1v) is 10.4. The number of hydrogen-bond donors (Lipinski definition) is 2. The number of amides is 2. The van der Waals surface area contributed by atoms with Crippen molar-refractivity contribution in [1.82, 2.24) is 15.8 Å². The molecule has 1 aromatic heterocycles. The van der Waals surface area contributed by atoms with Crippen LogP contribution in [0.15, 0.2) is 18.3 Å². The quantitative estimate of drug-likeness (QED) is 0.800. The van der Waals surface area contributed by atoms with Crippen LogP contribution in [0.3, 0.4) is 0 Å². The molecule has 5 heteroatoms. The number of hydrazine groups is 1. The number of nitrogens with one attached hydrogen (secondary N) is 2. The summed E-state index contributed by atoms with van der Waals surface area (Å²) in [6, 6.07) is 3.75. The number of pyridine rings is 1. The fourth-order valence-electron chi connectivity index (χ4n) is 6.01. The molecule has 1 heterocycles. The van der Waals surface area contributed by atoms with Gasteiger partial charge in [-0.25, -0.2) is 0 Å². The summed E-state index contributed by atoms with van der Waals surface area (Å²) in [5, 5.41) is 0. The first kappa shape index (κ1) is 18.5. The normalized spacial score (nSPS) is 31.6. The highest BCUT2D eigenvalue weighted by Crippen LogP contribution is 2.57. The van der Waals surface area contributed by atoms with Crippen molar-refractivity contribution in [3.8, 4) is 0 Å². The molecule has 4 fully saturated rings. The molecular weight excluding hydrogens is 338 g/mol. The van der Waals surface area contributed by atoms with Crippen LogP contribution in [-0.4, -0.2) is 16.8 Å². The molecule has 0 radical (unpaired) electrons. The van der Waals surface area contributed by atoms with Crippen molar-refractivity contribution in [2.75, 3.05) is 0 Å². The predicted octanol–water partition coefficient (Wildman–Crippen LogP) is 3.60. The molecule has 27 heavy (non-hydrogen) atoms. The van der Waals surface area contributed by atoms with Crippen LogP contribution in [0, 0.1) is 29.6 Å². The van der Waals surface area contributed by atoms with Crippen molar-refractivity contribution >= 4 is 11.8 Å². The van der Waals surface area contributed by atoms with Gasteiger partial charge in [-0.05, 0) is 78.7 Å². The smallest absolute Gasteiger partial charge is 0.273 e. The Morgan fingerprint density at radius 3 is 2.26 bits per heavy atom. The summed E-state index contributed by atoms with van der Waals surface area (Å²) < 4.78 is 0. The van der Waals surface area contributed by atoms with Crippen LogP contribution in [0.2, 0.25) is 0 Å². The van der Waals surface area contributed by atoms with Crippen LogP contribution in [0.5, 0.6) is 0 Å². The highest BCUT2D eigenvalue weighted by atomic mass is 16.2. The fourth-order valence-corrected chi connectivity index (χ4v) is 6.01. The number of rotatable bonds is 3. The average molecular weight is 370 g/mol. The van der Waals surface area contributed by atoms with Crippen molar-refractivity contribution in [3.63, 3.8) is 0 Å². The monoisotopic (exact) mass is 369 g/mol. The largest absolute Gasteiger partial charge is 0.288 e. The van der Waals surface area contributed by atoms with Crippen molar-refractivity contribution in [1.29, 1.82) is 0 Å². The second kappa shape index (κ2) is 6.92. The molecule has 0 aromatic carbocycles. The summed E-state index contributed by atoms with van der Waals surface area (Å²) in [5.74, 6) is 3.32. The van der Waals surface area contributed by atoms with Gasteiger partial charge in [0.25, 0.3) is 5.91 Å². The van der Waals surface area contributed by atoms with Gasteiger partial charge in [0.2, 0.25) is 5.91 Å². The Bertz CT molecular complexity index is 709. The molecule has 0 atom stereocenters. The van der Waals surface area contributed by atoms with Crippen molar-refractivity contribution in [2.24, 2.45) is 29.6 Å². The lowest BCUT2D eigenvalue weighted by atomic mass is 9.51. The standard InChI is InChI=1S/C22H31N3O2/c1-22(2,3)18-5-4-6-23-20(18)21(27)25-24-19(26)12-17-15-8-13-7-14(10-15)11-16(17)9-13/h4-6,13-17H,7-12H2,1-3H3,(H,24,26)(H,25,27). The maximum Gasteiger partial charge on any atom is 0.288 e. The third-order valence-electron chi connectivity index (χ3n) is 6.99. The first-order valence-electron chi connectivity index (χ1n) is 10.4. The Balaban J connectivity index is 1.34. The number of hydrogen-bond acceptors (Lipinski definition) is 3. The zero-order valence-electron chi connectivity index (χ0n) is 16.6. The van der Waals surface area contributed by atoms with E-state index in [9.17, 15) is 9.59 Å². The van der Waals surface area contributed by atoms with E-state index in [4.69, 9.17) is 0 Å². The van der Waals surface area contributed by atoms with Crippen LogP contribution in [-0.2, 0) is 10.2 Å². The summed E-state index contributed by atoms with van der Waals surface area (Å²) in [6.07, 6.45) is 8.78. The van der Waals surface area contributed by atoms with Gasteiger partial charge in [0, 0.05) is 12.6 Å². The third kappa shape index (κ3) is 3.74. The van der Waals surface area contributed by atoms with Crippen LogP contribution in [0.1, 0.15) is 75.3 Å². The fraction of sp³-hybridized carbons (Fsp3) is 0.682. The molecule has 1 aromatic rings. The number of aromatic nitrogens is 1. The maximum absolute atomic E-state index is 12.6. The van der Waals surface area contributed by atoms with Gasteiger partial charge in [-0.2, -0.15) is 0 Å². The van der Waals surface area contributed by atoms with E-state index in [1.165, 1.54) is 32.1 Å². The van der Waals surface area contributed by atoms with Crippen molar-refractivity contribution < 1.29 is 9.59 Å². The summed E-state index contributed by atoms with van der Waals surface area (Å²) in [4.78, 5) is 29.3. The Labute approximate surface area is 161 Å². The Morgan fingerprint density at radius 2 is 1.67 bits per heavy atom. The van der Waals surface area contributed by atoms with E-state index >= 15 is 0 Å². The zero-order chi connectivity index (χ0) is 19.2. The minimum atomic E-state index is -0.348. The van der Waals surface area contributed by atoms with Gasteiger partial charge in [-0.1, -0.05) is 26.8 Å². The minimum Gasteiger partial charge on any atom is -0.273 e. The molecule has 4 bridgehead atoms. The molecule has 0 unspecified atom stereocenters. The summed E-state index contributed by atoms with van der Waals surface area (Å²) >= 11 is 0. The van der Waals surface area contributed by atoms with Gasteiger partial charge in [-0.15, -0.1) is 0 Å². The zero-order valence-corrected chi connectivity index (χ0v) is 16.6. The van der Waals surface area contributed by atoms with E-state index in [1.54, 1.807) is 6.20 Å². The third-order valence-corrected chi connectivity index (χ3v) is 6.99. The topological polar surface area (TPSA) is 71.1 Å². The van der Waals surface area contributed by atoms with Crippen LogP contribution >= 0.6 is 0 Å². The number of carbonyl (C=O) groups is 2. The molecule has 146 valence electrons.